The van der Waals surface area contributed by atoms with Gasteiger partial charge in [-0.05, 0) is 32.0 Å². The highest BCUT2D eigenvalue weighted by atomic mass is 32.2. The second-order valence-electron chi connectivity index (χ2n) is 7.01. The zero-order chi connectivity index (χ0) is 22.6. The lowest BCUT2D eigenvalue weighted by atomic mass is 10.1. The maximum absolute atomic E-state index is 13.3. The van der Waals surface area contributed by atoms with E-state index < -0.39 is 22.9 Å². The van der Waals surface area contributed by atoms with Crippen molar-refractivity contribution < 1.29 is 22.7 Å². The van der Waals surface area contributed by atoms with Gasteiger partial charge >= 0.3 is 6.18 Å². The highest BCUT2D eigenvalue weighted by Gasteiger charge is 2.32. The molecule has 1 N–H and O–H groups in total. The standard InChI is InChI=1S/C20H24F3N5O2S/c1-4-7-28-14(3)25-26-19(28)31-13(2)18(29)24-16-12-15(20(21,22)23)5-6-17(16)27-8-10-30-11-9-27/h4-6,12-13H,1,7-11H2,2-3H3,(H,24,29). The summed E-state index contributed by atoms with van der Waals surface area (Å²) >= 11 is 1.18. The lowest BCUT2D eigenvalue weighted by Gasteiger charge is -2.31. The maximum atomic E-state index is 13.3. The summed E-state index contributed by atoms with van der Waals surface area (Å²) in [6.45, 7) is 9.66. The van der Waals surface area contributed by atoms with Crippen LogP contribution in [0.3, 0.4) is 0 Å². The summed E-state index contributed by atoms with van der Waals surface area (Å²) in [6, 6.07) is 3.40. The van der Waals surface area contributed by atoms with Crippen LogP contribution < -0.4 is 10.2 Å². The van der Waals surface area contributed by atoms with Gasteiger partial charge in [-0.3, -0.25) is 4.79 Å². The van der Waals surface area contributed by atoms with Gasteiger partial charge in [0, 0.05) is 19.6 Å². The van der Waals surface area contributed by atoms with E-state index in [1.807, 2.05) is 9.47 Å². The number of thioether (sulfide) groups is 1. The minimum atomic E-state index is -4.51. The number of halogens is 3. The fourth-order valence-corrected chi connectivity index (χ4v) is 4.03. The summed E-state index contributed by atoms with van der Waals surface area (Å²) in [5.41, 5.74) is -0.160. The largest absolute Gasteiger partial charge is 0.416 e. The number of nitrogens with zero attached hydrogens (tertiary/aromatic N) is 4. The summed E-state index contributed by atoms with van der Waals surface area (Å²) in [5.74, 6) is 0.257. The Balaban J connectivity index is 1.82. The molecule has 1 aromatic carbocycles. The first-order valence-corrected chi connectivity index (χ1v) is 10.6. The molecular formula is C20H24F3N5O2S. The Morgan fingerprint density at radius 2 is 2.06 bits per heavy atom. The molecule has 1 aromatic heterocycles. The molecule has 0 aliphatic carbocycles. The zero-order valence-corrected chi connectivity index (χ0v) is 18.1. The average Bonchev–Trinajstić information content (AvgIpc) is 3.07. The first kappa shape index (κ1) is 23.1. The molecule has 11 heteroatoms. The molecule has 31 heavy (non-hydrogen) atoms. The van der Waals surface area contributed by atoms with Crippen molar-refractivity contribution in [2.75, 3.05) is 36.5 Å². The highest BCUT2D eigenvalue weighted by molar-refractivity contribution is 8.00. The molecule has 2 heterocycles. The zero-order valence-electron chi connectivity index (χ0n) is 17.3. The molecule has 0 saturated carbocycles. The van der Waals surface area contributed by atoms with E-state index in [0.717, 1.165) is 12.1 Å². The van der Waals surface area contributed by atoms with Crippen molar-refractivity contribution in [3.63, 3.8) is 0 Å². The summed E-state index contributed by atoms with van der Waals surface area (Å²) in [5, 5.41) is 10.7. The number of allylic oxidation sites excluding steroid dienone is 1. The number of nitrogens with one attached hydrogen (secondary N) is 1. The van der Waals surface area contributed by atoms with Crippen LogP contribution in [0.25, 0.3) is 0 Å². The van der Waals surface area contributed by atoms with Gasteiger partial charge in [-0.2, -0.15) is 13.2 Å². The molecule has 1 fully saturated rings. The third-order valence-electron chi connectivity index (χ3n) is 4.80. The first-order chi connectivity index (χ1) is 14.7. The number of benzene rings is 1. The van der Waals surface area contributed by atoms with E-state index in [9.17, 15) is 18.0 Å². The van der Waals surface area contributed by atoms with E-state index in [1.165, 1.54) is 17.8 Å². The summed E-state index contributed by atoms with van der Waals surface area (Å²) in [7, 11) is 0. The molecule has 1 atom stereocenters. The Labute approximate surface area is 182 Å². The van der Waals surface area contributed by atoms with Gasteiger partial charge in [0.2, 0.25) is 5.91 Å². The lowest BCUT2D eigenvalue weighted by molar-refractivity contribution is -0.137. The van der Waals surface area contributed by atoms with Crippen LogP contribution >= 0.6 is 11.8 Å². The number of hydrogen-bond acceptors (Lipinski definition) is 6. The smallest absolute Gasteiger partial charge is 0.378 e. The van der Waals surface area contributed by atoms with Gasteiger partial charge in [0.25, 0.3) is 0 Å². The SMILES string of the molecule is C=CCn1c(C)nnc1SC(C)C(=O)Nc1cc(C(F)(F)F)ccc1N1CCOCC1. The predicted molar refractivity (Wildman–Crippen MR) is 113 cm³/mol. The number of carbonyl (C=O) groups excluding carboxylic acids is 1. The quantitative estimate of drug-likeness (QED) is 0.507. The van der Waals surface area contributed by atoms with Crippen molar-refractivity contribution in [3.05, 3.63) is 42.2 Å². The van der Waals surface area contributed by atoms with Gasteiger partial charge < -0.3 is 19.5 Å². The first-order valence-electron chi connectivity index (χ1n) is 9.73. The van der Waals surface area contributed by atoms with Crippen molar-refractivity contribution in [2.24, 2.45) is 0 Å². The Morgan fingerprint density at radius 1 is 1.35 bits per heavy atom. The summed E-state index contributed by atoms with van der Waals surface area (Å²) < 4.78 is 46.9. The van der Waals surface area contributed by atoms with Gasteiger partial charge in [-0.1, -0.05) is 17.8 Å². The Morgan fingerprint density at radius 3 is 2.71 bits per heavy atom. The number of alkyl halides is 3. The monoisotopic (exact) mass is 455 g/mol. The van der Waals surface area contributed by atoms with E-state index in [-0.39, 0.29) is 5.69 Å². The molecule has 1 saturated heterocycles. The van der Waals surface area contributed by atoms with Gasteiger partial charge in [-0.25, -0.2) is 0 Å². The second kappa shape index (κ2) is 9.73. The van der Waals surface area contributed by atoms with Crippen LogP contribution in [0, 0.1) is 6.92 Å². The molecule has 0 spiro atoms. The Kier molecular flexibility index (Phi) is 7.26. The number of carbonyl (C=O) groups is 1. The highest BCUT2D eigenvalue weighted by Crippen LogP contribution is 2.36. The number of rotatable bonds is 7. The molecule has 1 amide bonds. The van der Waals surface area contributed by atoms with Crippen molar-refractivity contribution in [2.45, 2.75) is 37.0 Å². The Bertz CT molecular complexity index is 941. The molecule has 7 nitrogen and oxygen atoms in total. The summed E-state index contributed by atoms with van der Waals surface area (Å²) in [6.07, 6.45) is -2.82. The fraction of sp³-hybridized carbons (Fsp3) is 0.450. The van der Waals surface area contributed by atoms with Gasteiger partial charge in [0.1, 0.15) is 5.82 Å². The third kappa shape index (κ3) is 5.59. The average molecular weight is 456 g/mol. The summed E-state index contributed by atoms with van der Waals surface area (Å²) in [4.78, 5) is 14.8. The van der Waals surface area contributed by atoms with Gasteiger partial charge in [0.15, 0.2) is 5.16 Å². The van der Waals surface area contributed by atoms with Crippen LogP contribution in [-0.2, 0) is 22.3 Å². The molecule has 168 valence electrons. The van der Waals surface area contributed by atoms with E-state index in [0.29, 0.717) is 49.5 Å². The number of anilines is 2. The molecule has 0 radical (unpaired) electrons. The van der Waals surface area contributed by atoms with E-state index in [4.69, 9.17) is 4.74 Å². The normalized spacial score (nSPS) is 15.6. The van der Waals surface area contributed by atoms with Crippen molar-refractivity contribution in [3.8, 4) is 0 Å². The van der Waals surface area contributed by atoms with Crippen LogP contribution in [0.5, 0.6) is 0 Å². The number of aryl methyl sites for hydroxylation is 1. The van der Waals surface area contributed by atoms with Crippen LogP contribution in [0.4, 0.5) is 24.5 Å². The molecule has 2 aromatic rings. The molecule has 1 aliphatic rings. The van der Waals surface area contributed by atoms with Gasteiger partial charge in [-0.15, -0.1) is 16.8 Å². The molecule has 1 aliphatic heterocycles. The van der Waals surface area contributed by atoms with E-state index in [2.05, 4.69) is 22.1 Å². The Hall–Kier alpha value is -2.53. The molecular weight excluding hydrogens is 431 g/mol. The van der Waals surface area contributed by atoms with Crippen molar-refractivity contribution >= 4 is 29.0 Å². The lowest BCUT2D eigenvalue weighted by Crippen LogP contribution is -2.37. The predicted octanol–water partition coefficient (Wildman–Crippen LogP) is 3.75. The number of aromatic nitrogens is 3. The number of amides is 1. The van der Waals surface area contributed by atoms with Crippen LogP contribution in [0.1, 0.15) is 18.3 Å². The second-order valence-corrected chi connectivity index (χ2v) is 8.32. The molecule has 1 unspecified atom stereocenters. The number of hydrogen-bond donors (Lipinski definition) is 1. The molecule has 0 bridgehead atoms. The topological polar surface area (TPSA) is 72.3 Å². The number of ether oxygens (including phenoxy) is 1. The van der Waals surface area contributed by atoms with Gasteiger partial charge in [0.05, 0.1) is 35.4 Å². The van der Waals surface area contributed by atoms with Crippen LogP contribution in [0.2, 0.25) is 0 Å². The van der Waals surface area contributed by atoms with E-state index >= 15 is 0 Å². The minimum absolute atomic E-state index is 0.123. The van der Waals surface area contributed by atoms with Crippen molar-refractivity contribution in [1.29, 1.82) is 0 Å². The van der Waals surface area contributed by atoms with Crippen LogP contribution in [0.15, 0.2) is 36.0 Å². The maximum Gasteiger partial charge on any atom is 0.416 e. The van der Waals surface area contributed by atoms with Crippen LogP contribution in [-0.4, -0.2) is 52.2 Å². The van der Waals surface area contributed by atoms with E-state index in [1.54, 1.807) is 19.9 Å². The number of morpholine rings is 1. The third-order valence-corrected chi connectivity index (χ3v) is 5.88. The fourth-order valence-electron chi connectivity index (χ4n) is 3.13. The molecule has 3 rings (SSSR count). The minimum Gasteiger partial charge on any atom is -0.378 e. The van der Waals surface area contributed by atoms with Crippen molar-refractivity contribution in [1.82, 2.24) is 14.8 Å².